The smallest absolute Gasteiger partial charge is 0.234 e. The van der Waals surface area contributed by atoms with Crippen LogP contribution in [0.25, 0.3) is 0 Å². The van der Waals surface area contributed by atoms with Crippen LogP contribution in [-0.2, 0) is 29.5 Å². The quantitative estimate of drug-likeness (QED) is 0.541. The monoisotopic (exact) mass is 423 g/mol. The number of nitrogens with one attached hydrogen (secondary N) is 2. The van der Waals surface area contributed by atoms with Crippen molar-refractivity contribution in [2.24, 2.45) is 7.05 Å². The largest absolute Gasteiger partial charge is 0.325 e. The van der Waals surface area contributed by atoms with Crippen LogP contribution in [0.2, 0.25) is 0 Å². The summed E-state index contributed by atoms with van der Waals surface area (Å²) < 4.78 is 1.74. The average molecular weight is 424 g/mol. The van der Waals surface area contributed by atoms with Crippen molar-refractivity contribution in [2.75, 3.05) is 16.4 Å². The van der Waals surface area contributed by atoms with E-state index in [0.29, 0.717) is 11.0 Å². The van der Waals surface area contributed by atoms with Gasteiger partial charge in [0.05, 0.1) is 12.2 Å². The molecule has 8 heteroatoms. The van der Waals surface area contributed by atoms with Crippen LogP contribution in [0.4, 0.5) is 11.4 Å². The maximum atomic E-state index is 12.3. The molecule has 0 bridgehead atoms. The molecule has 0 radical (unpaired) electrons. The second kappa shape index (κ2) is 10.1. The molecule has 0 saturated heterocycles. The topological polar surface area (TPSA) is 88.9 Å². The van der Waals surface area contributed by atoms with Gasteiger partial charge in [0.15, 0.2) is 5.16 Å². The number of amides is 2. The Kier molecular flexibility index (Phi) is 7.24. The van der Waals surface area contributed by atoms with Crippen molar-refractivity contribution in [1.82, 2.24) is 14.8 Å². The molecule has 2 aromatic carbocycles. The highest BCUT2D eigenvalue weighted by molar-refractivity contribution is 7.99. The first-order chi connectivity index (χ1) is 14.5. The van der Waals surface area contributed by atoms with E-state index in [2.05, 4.69) is 27.8 Å². The summed E-state index contributed by atoms with van der Waals surface area (Å²) in [4.78, 5) is 24.6. The Balaban J connectivity index is 1.52. The van der Waals surface area contributed by atoms with Crippen molar-refractivity contribution >= 4 is 35.0 Å². The van der Waals surface area contributed by atoms with Crippen molar-refractivity contribution in [3.05, 3.63) is 65.5 Å². The summed E-state index contributed by atoms with van der Waals surface area (Å²) in [6, 6.07) is 15.4. The number of rotatable bonds is 8. The number of para-hydroxylation sites is 1. The van der Waals surface area contributed by atoms with Crippen molar-refractivity contribution < 1.29 is 9.59 Å². The minimum absolute atomic E-state index is 0.106. The minimum atomic E-state index is -0.162. The van der Waals surface area contributed by atoms with E-state index < -0.39 is 0 Å². The van der Waals surface area contributed by atoms with Crippen LogP contribution in [0.1, 0.15) is 23.9 Å². The number of carbonyl (C=O) groups is 2. The zero-order valence-corrected chi connectivity index (χ0v) is 18.1. The summed E-state index contributed by atoms with van der Waals surface area (Å²) in [5.41, 5.74) is 3.77. The van der Waals surface area contributed by atoms with Crippen molar-refractivity contribution in [2.45, 2.75) is 31.8 Å². The van der Waals surface area contributed by atoms with Gasteiger partial charge >= 0.3 is 0 Å². The molecule has 0 atom stereocenters. The first-order valence-corrected chi connectivity index (χ1v) is 10.7. The zero-order valence-electron chi connectivity index (χ0n) is 17.3. The molecule has 0 spiro atoms. The summed E-state index contributed by atoms with van der Waals surface area (Å²) in [6.45, 7) is 4.03. The van der Waals surface area contributed by atoms with Gasteiger partial charge in [-0.3, -0.25) is 9.59 Å². The first-order valence-electron chi connectivity index (χ1n) is 9.71. The maximum Gasteiger partial charge on any atom is 0.234 e. The third-order valence-corrected chi connectivity index (χ3v) is 5.66. The molecule has 2 amide bonds. The highest BCUT2D eigenvalue weighted by Gasteiger charge is 2.15. The molecule has 1 aromatic heterocycles. The van der Waals surface area contributed by atoms with E-state index in [9.17, 15) is 9.59 Å². The molecule has 0 fully saturated rings. The summed E-state index contributed by atoms with van der Waals surface area (Å²) in [5.74, 6) is 0.464. The molecule has 0 aliphatic heterocycles. The molecule has 0 aliphatic carbocycles. The summed E-state index contributed by atoms with van der Waals surface area (Å²) in [5, 5.41) is 14.6. The number of thioether (sulfide) groups is 1. The number of nitrogens with zero attached hydrogens (tertiary/aromatic N) is 3. The van der Waals surface area contributed by atoms with Crippen LogP contribution in [0, 0.1) is 6.92 Å². The number of hydrogen-bond acceptors (Lipinski definition) is 5. The van der Waals surface area contributed by atoms with Gasteiger partial charge in [-0.25, -0.2) is 0 Å². The molecule has 1 heterocycles. The van der Waals surface area contributed by atoms with E-state index in [4.69, 9.17) is 0 Å². The number of hydrogen-bond donors (Lipinski definition) is 2. The van der Waals surface area contributed by atoms with Gasteiger partial charge in [0.25, 0.3) is 0 Å². The Morgan fingerprint density at radius 2 is 1.73 bits per heavy atom. The Hall–Kier alpha value is -3.13. The summed E-state index contributed by atoms with van der Waals surface area (Å²) in [7, 11) is 1.79. The number of aryl methyl sites for hydroxylation is 2. The summed E-state index contributed by atoms with van der Waals surface area (Å²) >= 11 is 1.28. The van der Waals surface area contributed by atoms with E-state index in [1.54, 1.807) is 11.6 Å². The third-order valence-electron chi connectivity index (χ3n) is 4.64. The number of benzene rings is 2. The SMILES string of the molecule is CCc1ccc(NC(=O)CSc2nnc(CC(=O)Nc3ccccc3C)n2C)cc1. The van der Waals surface area contributed by atoms with E-state index in [1.807, 2.05) is 55.5 Å². The van der Waals surface area contributed by atoms with Gasteiger partial charge in [-0.2, -0.15) is 0 Å². The highest BCUT2D eigenvalue weighted by Crippen LogP contribution is 2.18. The second-order valence-corrected chi connectivity index (χ2v) is 7.83. The molecule has 0 saturated carbocycles. The Bertz CT molecular complexity index is 1030. The highest BCUT2D eigenvalue weighted by atomic mass is 32.2. The van der Waals surface area contributed by atoms with Crippen molar-refractivity contribution in [3.63, 3.8) is 0 Å². The normalized spacial score (nSPS) is 10.6. The van der Waals surface area contributed by atoms with E-state index in [0.717, 1.165) is 23.4 Å². The van der Waals surface area contributed by atoms with E-state index >= 15 is 0 Å². The maximum absolute atomic E-state index is 12.3. The molecule has 0 unspecified atom stereocenters. The molecule has 7 nitrogen and oxygen atoms in total. The van der Waals surface area contributed by atoms with Crippen LogP contribution in [0.5, 0.6) is 0 Å². The third kappa shape index (κ3) is 5.70. The molecule has 0 aliphatic rings. The van der Waals surface area contributed by atoms with Crippen molar-refractivity contribution in [1.29, 1.82) is 0 Å². The summed E-state index contributed by atoms with van der Waals surface area (Å²) in [6.07, 6.45) is 1.07. The molecule has 3 rings (SSSR count). The van der Waals surface area contributed by atoms with Gasteiger partial charge in [0.1, 0.15) is 5.82 Å². The molecule has 2 N–H and O–H groups in total. The predicted octanol–water partition coefficient (Wildman–Crippen LogP) is 3.60. The molecule has 30 heavy (non-hydrogen) atoms. The molecular formula is C22H25N5O2S. The fraction of sp³-hybridized carbons (Fsp3) is 0.273. The van der Waals surface area contributed by atoms with Crippen LogP contribution >= 0.6 is 11.8 Å². The lowest BCUT2D eigenvalue weighted by molar-refractivity contribution is -0.116. The lowest BCUT2D eigenvalue weighted by Gasteiger charge is -2.08. The number of aromatic nitrogens is 3. The fourth-order valence-electron chi connectivity index (χ4n) is 2.83. The van der Waals surface area contributed by atoms with Crippen LogP contribution < -0.4 is 10.6 Å². The lowest BCUT2D eigenvalue weighted by atomic mass is 10.1. The minimum Gasteiger partial charge on any atom is -0.325 e. The number of carbonyl (C=O) groups excluding carboxylic acids is 2. The second-order valence-electron chi connectivity index (χ2n) is 6.89. The molecule has 3 aromatic rings. The lowest BCUT2D eigenvalue weighted by Crippen LogP contribution is -2.17. The number of anilines is 2. The predicted molar refractivity (Wildman–Crippen MR) is 120 cm³/mol. The Morgan fingerprint density at radius 3 is 2.43 bits per heavy atom. The fourth-order valence-corrected chi connectivity index (χ4v) is 3.56. The average Bonchev–Trinajstić information content (AvgIpc) is 3.08. The van der Waals surface area contributed by atoms with Crippen molar-refractivity contribution in [3.8, 4) is 0 Å². The van der Waals surface area contributed by atoms with Gasteiger partial charge in [-0.1, -0.05) is 49.0 Å². The van der Waals surface area contributed by atoms with Crippen LogP contribution in [-0.4, -0.2) is 32.3 Å². The van der Waals surface area contributed by atoms with E-state index in [-0.39, 0.29) is 24.0 Å². The van der Waals surface area contributed by atoms with Crippen LogP contribution in [0.15, 0.2) is 53.7 Å². The Labute approximate surface area is 180 Å². The van der Waals surface area contributed by atoms with Crippen LogP contribution in [0.3, 0.4) is 0 Å². The van der Waals surface area contributed by atoms with Gasteiger partial charge in [0.2, 0.25) is 11.8 Å². The Morgan fingerprint density at radius 1 is 1.00 bits per heavy atom. The van der Waals surface area contributed by atoms with Gasteiger partial charge in [0, 0.05) is 18.4 Å². The van der Waals surface area contributed by atoms with Gasteiger partial charge in [-0.05, 0) is 42.7 Å². The molecule has 156 valence electrons. The standard InChI is InChI=1S/C22H25N5O2S/c1-4-16-9-11-17(12-10-16)23-21(29)14-30-22-26-25-19(27(22)3)13-20(28)24-18-8-6-5-7-15(18)2/h5-12H,4,13-14H2,1-3H3,(H,23,29)(H,24,28). The zero-order chi connectivity index (χ0) is 21.5. The first kappa shape index (κ1) is 21.6. The molecular weight excluding hydrogens is 398 g/mol. The van der Waals surface area contributed by atoms with Gasteiger partial charge in [-0.15, -0.1) is 10.2 Å². The van der Waals surface area contributed by atoms with Gasteiger partial charge < -0.3 is 15.2 Å². The van der Waals surface area contributed by atoms with E-state index in [1.165, 1.54) is 17.3 Å².